The number of rotatable bonds is 0. The van der Waals surface area contributed by atoms with Crippen LogP contribution in [0.25, 0.3) is 0 Å². The average molecular weight is 266 g/mol. The highest BCUT2D eigenvalue weighted by atomic mass is 16.8. The van der Waals surface area contributed by atoms with Crippen LogP contribution >= 0.6 is 0 Å². The topological polar surface area (TPSA) is 18.5 Å². The van der Waals surface area contributed by atoms with Crippen molar-refractivity contribution in [2.75, 3.05) is 0 Å². The summed E-state index contributed by atoms with van der Waals surface area (Å²) in [5, 5.41) is 0. The van der Waals surface area contributed by atoms with Gasteiger partial charge in [0.1, 0.15) is 5.60 Å². The van der Waals surface area contributed by atoms with Crippen LogP contribution < -0.4 is 0 Å². The van der Waals surface area contributed by atoms with Crippen molar-refractivity contribution in [3.8, 4) is 0 Å². The van der Waals surface area contributed by atoms with Crippen molar-refractivity contribution in [1.82, 2.24) is 0 Å². The van der Waals surface area contributed by atoms with Crippen molar-refractivity contribution >= 4 is 0 Å². The van der Waals surface area contributed by atoms with Crippen LogP contribution in [-0.4, -0.2) is 17.5 Å². The molecule has 0 radical (unpaired) electrons. The lowest BCUT2D eigenvalue weighted by Gasteiger charge is -2.49. The summed E-state index contributed by atoms with van der Waals surface area (Å²) in [6.07, 6.45) is 6.82. The van der Waals surface area contributed by atoms with Crippen molar-refractivity contribution in [3.63, 3.8) is 0 Å². The Kier molecular flexibility index (Phi) is 2.75. The molecule has 0 bridgehead atoms. The highest BCUT2D eigenvalue weighted by molar-refractivity contribution is 5.12. The van der Waals surface area contributed by atoms with Crippen LogP contribution in [0.15, 0.2) is 0 Å². The Hall–Kier alpha value is -0.0800. The van der Waals surface area contributed by atoms with E-state index in [2.05, 4.69) is 41.5 Å². The highest BCUT2D eigenvalue weighted by Crippen LogP contribution is 2.64. The molecular formula is C17H30O2. The summed E-state index contributed by atoms with van der Waals surface area (Å²) >= 11 is 0. The van der Waals surface area contributed by atoms with Crippen LogP contribution in [0, 0.1) is 16.7 Å². The summed E-state index contributed by atoms with van der Waals surface area (Å²) < 4.78 is 12.7. The molecule has 3 aliphatic rings. The van der Waals surface area contributed by atoms with Crippen LogP contribution in [0.5, 0.6) is 0 Å². The largest absolute Gasteiger partial charge is 0.344 e. The summed E-state index contributed by atoms with van der Waals surface area (Å²) in [7, 11) is 0. The Bertz CT molecular complexity index is 387. The van der Waals surface area contributed by atoms with E-state index in [-0.39, 0.29) is 17.1 Å². The van der Waals surface area contributed by atoms with Gasteiger partial charge in [0.25, 0.3) is 0 Å². The summed E-state index contributed by atoms with van der Waals surface area (Å²) in [6.45, 7) is 13.8. The van der Waals surface area contributed by atoms with Crippen molar-refractivity contribution in [2.45, 2.75) is 91.1 Å². The molecular weight excluding hydrogens is 236 g/mol. The second-order valence-corrected chi connectivity index (χ2v) is 8.57. The van der Waals surface area contributed by atoms with Gasteiger partial charge in [0, 0.05) is 0 Å². The smallest absolute Gasteiger partial charge is 0.164 e. The van der Waals surface area contributed by atoms with E-state index in [1.165, 1.54) is 25.7 Å². The molecule has 2 heteroatoms. The monoisotopic (exact) mass is 266 g/mol. The minimum Gasteiger partial charge on any atom is -0.344 e. The third-order valence-corrected chi connectivity index (χ3v) is 6.71. The van der Waals surface area contributed by atoms with Crippen LogP contribution in [0.1, 0.15) is 73.6 Å². The maximum absolute atomic E-state index is 6.47. The van der Waals surface area contributed by atoms with Gasteiger partial charge >= 0.3 is 0 Å². The van der Waals surface area contributed by atoms with Crippen LogP contribution in [0.4, 0.5) is 0 Å². The molecule has 0 spiro atoms. The summed E-state index contributed by atoms with van der Waals surface area (Å²) in [5.74, 6) is 0.329. The zero-order valence-corrected chi connectivity index (χ0v) is 13.5. The standard InChI is InChI=1S/C17H30O2/c1-14(2)12-8-7-10-16(12,5)11-9-13-17(14,6)19-15(3,4)18-13/h12-13H,7-11H2,1-6H3/t12-,13+,16-,17+/m0/s1. The lowest BCUT2D eigenvalue weighted by atomic mass is 9.60. The van der Waals surface area contributed by atoms with Crippen LogP contribution in [0.2, 0.25) is 0 Å². The molecule has 2 saturated carbocycles. The molecule has 2 nitrogen and oxygen atoms in total. The van der Waals surface area contributed by atoms with Crippen molar-refractivity contribution in [1.29, 1.82) is 0 Å². The molecule has 19 heavy (non-hydrogen) atoms. The predicted molar refractivity (Wildman–Crippen MR) is 76.9 cm³/mol. The van der Waals surface area contributed by atoms with E-state index < -0.39 is 5.79 Å². The van der Waals surface area contributed by atoms with Gasteiger partial charge in [0.15, 0.2) is 5.79 Å². The van der Waals surface area contributed by atoms with Gasteiger partial charge in [-0.3, -0.25) is 0 Å². The fraction of sp³-hybridized carbons (Fsp3) is 1.00. The highest BCUT2D eigenvalue weighted by Gasteiger charge is 2.64. The SMILES string of the molecule is CC1(C)O[C@@H]2CC[C@]3(C)CCC[C@H]3C(C)(C)[C@]2(C)O1. The zero-order chi connectivity index (χ0) is 14.1. The molecule has 3 rings (SSSR count). The third kappa shape index (κ3) is 1.75. The number of ether oxygens (including phenoxy) is 2. The van der Waals surface area contributed by atoms with Gasteiger partial charge in [0.2, 0.25) is 0 Å². The number of hydrogen-bond donors (Lipinski definition) is 0. The first-order valence-electron chi connectivity index (χ1n) is 7.99. The molecule has 0 amide bonds. The molecule has 0 aromatic rings. The first-order valence-corrected chi connectivity index (χ1v) is 7.99. The molecule has 1 aliphatic heterocycles. The molecule has 0 unspecified atom stereocenters. The quantitative estimate of drug-likeness (QED) is 0.641. The van der Waals surface area contributed by atoms with E-state index in [0.29, 0.717) is 5.41 Å². The van der Waals surface area contributed by atoms with Crippen LogP contribution in [0.3, 0.4) is 0 Å². The number of hydrogen-bond acceptors (Lipinski definition) is 2. The van der Waals surface area contributed by atoms with Crippen LogP contribution in [-0.2, 0) is 9.47 Å². The Morgan fingerprint density at radius 3 is 2.26 bits per heavy atom. The minimum atomic E-state index is -0.428. The summed E-state index contributed by atoms with van der Waals surface area (Å²) in [5.41, 5.74) is 0.518. The van der Waals surface area contributed by atoms with Gasteiger partial charge in [-0.1, -0.05) is 27.2 Å². The predicted octanol–water partition coefficient (Wildman–Crippen LogP) is 4.52. The van der Waals surface area contributed by atoms with E-state index in [1.807, 2.05) is 0 Å². The Morgan fingerprint density at radius 2 is 1.58 bits per heavy atom. The lowest BCUT2D eigenvalue weighted by molar-refractivity contribution is -0.195. The maximum atomic E-state index is 6.47. The van der Waals surface area contributed by atoms with Crippen molar-refractivity contribution in [3.05, 3.63) is 0 Å². The Morgan fingerprint density at radius 1 is 0.895 bits per heavy atom. The fourth-order valence-electron chi connectivity index (χ4n) is 5.51. The van der Waals surface area contributed by atoms with Gasteiger partial charge in [-0.2, -0.15) is 0 Å². The second-order valence-electron chi connectivity index (χ2n) is 8.57. The van der Waals surface area contributed by atoms with Crippen molar-refractivity contribution in [2.24, 2.45) is 16.7 Å². The van der Waals surface area contributed by atoms with E-state index in [9.17, 15) is 0 Å². The number of fused-ring (bicyclic) bond motifs is 2. The first kappa shape index (κ1) is 13.9. The van der Waals surface area contributed by atoms with E-state index in [1.54, 1.807) is 0 Å². The Balaban J connectivity index is 2.04. The molecule has 2 aliphatic carbocycles. The van der Waals surface area contributed by atoms with Gasteiger partial charge in [-0.25, -0.2) is 0 Å². The first-order chi connectivity index (χ1) is 8.61. The third-order valence-electron chi connectivity index (χ3n) is 6.71. The normalized spacial score (nSPS) is 51.5. The maximum Gasteiger partial charge on any atom is 0.164 e. The van der Waals surface area contributed by atoms with Gasteiger partial charge in [-0.05, 0) is 63.2 Å². The minimum absolute atomic E-state index is 0.150. The molecule has 110 valence electrons. The molecule has 0 N–H and O–H groups in total. The second kappa shape index (κ2) is 3.76. The van der Waals surface area contributed by atoms with E-state index in [4.69, 9.17) is 9.47 Å². The fourth-order valence-corrected chi connectivity index (χ4v) is 5.51. The van der Waals surface area contributed by atoms with Gasteiger partial charge in [-0.15, -0.1) is 0 Å². The summed E-state index contributed by atoms with van der Waals surface area (Å²) in [4.78, 5) is 0. The van der Waals surface area contributed by atoms with Gasteiger partial charge < -0.3 is 9.47 Å². The molecule has 0 aromatic heterocycles. The molecule has 1 saturated heterocycles. The van der Waals surface area contributed by atoms with E-state index in [0.717, 1.165) is 12.3 Å². The van der Waals surface area contributed by atoms with Gasteiger partial charge in [0.05, 0.1) is 6.10 Å². The zero-order valence-electron chi connectivity index (χ0n) is 13.5. The average Bonchev–Trinajstić information content (AvgIpc) is 2.74. The molecule has 1 heterocycles. The molecule has 4 atom stereocenters. The Labute approximate surface area is 118 Å². The lowest BCUT2D eigenvalue weighted by Crippen LogP contribution is -2.53. The summed E-state index contributed by atoms with van der Waals surface area (Å²) in [6, 6.07) is 0. The molecule has 0 aromatic carbocycles. The molecule has 3 fully saturated rings. The van der Waals surface area contributed by atoms with Crippen molar-refractivity contribution < 1.29 is 9.47 Å². The van der Waals surface area contributed by atoms with E-state index >= 15 is 0 Å².